The molecule has 0 saturated heterocycles. The normalized spacial score (nSPS) is 18.4. The summed E-state index contributed by atoms with van der Waals surface area (Å²) in [6, 6.07) is 3.23. The lowest BCUT2D eigenvalue weighted by Crippen LogP contribution is -2.45. The SMILES string of the molecule is C=C1c2c(cc3nc2NC(C)(C)N(C)/C=C(\C(=C)C(F)(F)F)c2cc(ncn2)N3)C=CN1CCO. The Hall–Kier alpha value is -3.86. The third kappa shape index (κ3) is 4.72. The predicted molar refractivity (Wildman–Crippen MR) is 130 cm³/mol. The number of aliphatic hydroxyl groups excluding tert-OH is 1. The van der Waals surface area contributed by atoms with Crippen molar-refractivity contribution in [3.8, 4) is 0 Å². The zero-order chi connectivity index (χ0) is 25.5. The van der Waals surface area contributed by atoms with Gasteiger partial charge in [-0.25, -0.2) is 15.0 Å². The molecular formula is C24H26F3N7O. The summed E-state index contributed by atoms with van der Waals surface area (Å²) in [5, 5.41) is 15.8. The largest absolute Gasteiger partial charge is 0.416 e. The number of halogens is 3. The average molecular weight is 486 g/mol. The first-order valence-electron chi connectivity index (χ1n) is 10.8. The number of allylic oxidation sites excluding steroid dienone is 2. The lowest BCUT2D eigenvalue weighted by atomic mass is 10.0. The van der Waals surface area contributed by atoms with Crippen molar-refractivity contribution >= 4 is 34.8 Å². The summed E-state index contributed by atoms with van der Waals surface area (Å²) in [5.41, 5.74) is 0.159. The zero-order valence-electron chi connectivity index (χ0n) is 19.6. The molecule has 35 heavy (non-hydrogen) atoms. The van der Waals surface area contributed by atoms with Crippen LogP contribution in [0.25, 0.3) is 17.3 Å². The van der Waals surface area contributed by atoms with Crippen molar-refractivity contribution in [1.29, 1.82) is 0 Å². The number of nitrogens with one attached hydrogen (secondary N) is 2. The van der Waals surface area contributed by atoms with Crippen molar-refractivity contribution in [3.05, 3.63) is 66.4 Å². The molecule has 0 saturated carbocycles. The van der Waals surface area contributed by atoms with Crippen molar-refractivity contribution < 1.29 is 18.3 Å². The molecule has 0 aromatic carbocycles. The molecule has 3 N–H and O–H groups in total. The number of rotatable bonds is 3. The van der Waals surface area contributed by atoms with Gasteiger partial charge in [-0.15, -0.1) is 0 Å². The molecule has 2 aromatic heterocycles. The number of aliphatic hydroxyl groups is 1. The number of alkyl halides is 3. The zero-order valence-corrected chi connectivity index (χ0v) is 19.6. The Labute approximate surface area is 201 Å². The van der Waals surface area contributed by atoms with Crippen LogP contribution in [0.2, 0.25) is 0 Å². The van der Waals surface area contributed by atoms with E-state index in [1.807, 2.05) is 31.0 Å². The van der Waals surface area contributed by atoms with E-state index < -0.39 is 17.4 Å². The Morgan fingerprint density at radius 3 is 2.63 bits per heavy atom. The van der Waals surface area contributed by atoms with E-state index in [0.29, 0.717) is 23.9 Å². The van der Waals surface area contributed by atoms with Crippen molar-refractivity contribution in [3.63, 3.8) is 0 Å². The van der Waals surface area contributed by atoms with Gasteiger partial charge in [0.25, 0.3) is 0 Å². The van der Waals surface area contributed by atoms with Gasteiger partial charge in [0, 0.05) is 48.9 Å². The molecule has 0 amide bonds. The van der Waals surface area contributed by atoms with E-state index in [0.717, 1.165) is 11.1 Å². The van der Waals surface area contributed by atoms with Crippen molar-refractivity contribution in [2.45, 2.75) is 25.7 Å². The van der Waals surface area contributed by atoms with E-state index in [1.165, 1.54) is 18.6 Å². The number of aromatic nitrogens is 3. The van der Waals surface area contributed by atoms with Crippen molar-refractivity contribution in [1.82, 2.24) is 24.8 Å². The second-order valence-corrected chi connectivity index (χ2v) is 8.73. The van der Waals surface area contributed by atoms with Gasteiger partial charge >= 0.3 is 6.18 Å². The molecule has 2 aliphatic heterocycles. The number of fused-ring (bicyclic) bond motifs is 6. The Bertz CT molecular complexity index is 1250. The Morgan fingerprint density at radius 2 is 1.94 bits per heavy atom. The molecule has 0 radical (unpaired) electrons. The maximum Gasteiger partial charge on any atom is 0.416 e. The van der Waals surface area contributed by atoms with E-state index in [4.69, 9.17) is 4.98 Å². The van der Waals surface area contributed by atoms with E-state index in [9.17, 15) is 18.3 Å². The predicted octanol–water partition coefficient (Wildman–Crippen LogP) is 4.42. The summed E-state index contributed by atoms with van der Waals surface area (Å²) in [6.07, 6.45) is 1.62. The van der Waals surface area contributed by atoms with Crippen LogP contribution < -0.4 is 10.6 Å². The van der Waals surface area contributed by atoms with Gasteiger partial charge in [-0.3, -0.25) is 0 Å². The molecule has 11 heteroatoms. The Balaban J connectivity index is 1.91. The van der Waals surface area contributed by atoms with Gasteiger partial charge in [-0.2, -0.15) is 13.2 Å². The highest BCUT2D eigenvalue weighted by atomic mass is 19.4. The Kier molecular flexibility index (Phi) is 6.05. The summed E-state index contributed by atoms with van der Waals surface area (Å²) in [7, 11) is 1.66. The number of anilines is 3. The average Bonchev–Trinajstić information content (AvgIpc) is 2.77. The van der Waals surface area contributed by atoms with Gasteiger partial charge in [-0.1, -0.05) is 13.2 Å². The van der Waals surface area contributed by atoms with Crippen LogP contribution in [0.3, 0.4) is 0 Å². The smallest absolute Gasteiger partial charge is 0.395 e. The summed E-state index contributed by atoms with van der Waals surface area (Å²) in [4.78, 5) is 16.4. The van der Waals surface area contributed by atoms with Crippen LogP contribution in [0.5, 0.6) is 0 Å². The van der Waals surface area contributed by atoms with Gasteiger partial charge in [0.05, 0.1) is 17.9 Å². The van der Waals surface area contributed by atoms with Gasteiger partial charge in [0.15, 0.2) is 0 Å². The first-order valence-corrected chi connectivity index (χ1v) is 10.8. The topological polar surface area (TPSA) is 89.4 Å². The maximum absolute atomic E-state index is 13.7. The molecule has 4 rings (SSSR count). The van der Waals surface area contributed by atoms with Gasteiger partial charge < -0.3 is 25.5 Å². The van der Waals surface area contributed by atoms with Crippen LogP contribution in [0.1, 0.15) is 30.7 Å². The highest BCUT2D eigenvalue weighted by Crippen LogP contribution is 2.39. The number of hydrogen-bond donors (Lipinski definition) is 3. The molecule has 0 unspecified atom stereocenters. The third-order valence-electron chi connectivity index (χ3n) is 5.96. The van der Waals surface area contributed by atoms with Gasteiger partial charge in [0.1, 0.15) is 29.4 Å². The van der Waals surface area contributed by atoms with E-state index in [2.05, 4.69) is 33.8 Å². The minimum Gasteiger partial charge on any atom is -0.395 e. The lowest BCUT2D eigenvalue weighted by Gasteiger charge is -2.39. The molecular weight excluding hydrogens is 459 g/mol. The molecule has 2 aliphatic rings. The summed E-state index contributed by atoms with van der Waals surface area (Å²) >= 11 is 0. The van der Waals surface area contributed by atoms with Gasteiger partial charge in [-0.05, 0) is 31.6 Å². The van der Waals surface area contributed by atoms with Crippen molar-refractivity contribution in [2.75, 3.05) is 30.8 Å². The van der Waals surface area contributed by atoms with Crippen LogP contribution in [0.15, 0.2) is 49.6 Å². The monoisotopic (exact) mass is 485 g/mol. The fourth-order valence-electron chi connectivity index (χ4n) is 3.76. The fourth-order valence-corrected chi connectivity index (χ4v) is 3.76. The molecule has 184 valence electrons. The minimum absolute atomic E-state index is 0.0601. The standard InChI is InChI=1S/C24H26F3N7O/c1-14(24(25,26)27)17-12-33(5)23(3,4)32-22-21-15(2)34(8-9-35)7-6-16(21)10-20(31-22)30-19-11-18(17)28-13-29-19/h6-7,10-13,35H,1-2,8-9H2,3-5H3,(H2,28,29,30,31,32)/b17-12+. The highest BCUT2D eigenvalue weighted by molar-refractivity contribution is 5.85. The second-order valence-electron chi connectivity index (χ2n) is 8.73. The molecule has 4 bridgehead atoms. The molecule has 0 aliphatic carbocycles. The van der Waals surface area contributed by atoms with E-state index >= 15 is 0 Å². The van der Waals surface area contributed by atoms with Crippen LogP contribution in [0, 0.1) is 0 Å². The van der Waals surface area contributed by atoms with Gasteiger partial charge in [0.2, 0.25) is 0 Å². The molecule has 2 aromatic rings. The van der Waals surface area contributed by atoms with Crippen LogP contribution in [0.4, 0.5) is 30.6 Å². The molecule has 4 heterocycles. The quantitative estimate of drug-likeness (QED) is 0.589. The number of β-amino-alcohol motifs (C(OH)–C–C–N with tert-alkyl or cyclic N) is 1. The maximum atomic E-state index is 13.7. The van der Waals surface area contributed by atoms with Crippen LogP contribution in [-0.2, 0) is 0 Å². The Morgan fingerprint density at radius 1 is 1.20 bits per heavy atom. The molecule has 0 atom stereocenters. The summed E-state index contributed by atoms with van der Waals surface area (Å²) < 4.78 is 41.0. The minimum atomic E-state index is -4.65. The molecule has 0 spiro atoms. The fraction of sp³-hybridized carbons (Fsp3) is 0.292. The molecule has 0 fully saturated rings. The van der Waals surface area contributed by atoms with Crippen molar-refractivity contribution in [2.24, 2.45) is 0 Å². The highest BCUT2D eigenvalue weighted by Gasteiger charge is 2.36. The third-order valence-corrected chi connectivity index (χ3v) is 5.96. The first-order chi connectivity index (χ1) is 16.4. The van der Waals surface area contributed by atoms with Crippen LogP contribution in [-0.4, -0.2) is 61.9 Å². The number of nitrogens with zero attached hydrogens (tertiary/aromatic N) is 5. The number of hydrogen-bond acceptors (Lipinski definition) is 8. The first kappa shape index (κ1) is 24.3. The number of pyridine rings is 1. The second kappa shape index (κ2) is 8.73. The van der Waals surface area contributed by atoms with E-state index in [-0.39, 0.29) is 23.7 Å². The lowest BCUT2D eigenvalue weighted by molar-refractivity contribution is -0.0868. The summed E-state index contributed by atoms with van der Waals surface area (Å²) in [5.74, 6) is 1.18. The van der Waals surface area contributed by atoms with E-state index in [1.54, 1.807) is 18.0 Å². The summed E-state index contributed by atoms with van der Waals surface area (Å²) in [6.45, 7) is 11.4. The van der Waals surface area contributed by atoms with Crippen LogP contribution >= 0.6 is 0 Å². The molecule has 8 nitrogen and oxygen atoms in total.